The molecule has 1 aliphatic carbocycles. The van der Waals surface area contributed by atoms with E-state index in [0.717, 1.165) is 0 Å². The highest BCUT2D eigenvalue weighted by Crippen LogP contribution is 2.43. The van der Waals surface area contributed by atoms with Crippen molar-refractivity contribution in [3.05, 3.63) is 0 Å². The van der Waals surface area contributed by atoms with Crippen molar-refractivity contribution < 1.29 is 26.7 Å². The molecule has 23 heavy (non-hydrogen) atoms. The molecule has 0 N–H and O–H groups in total. The molecule has 8 heteroatoms. The topological polar surface area (TPSA) is 55.8 Å². The fourth-order valence-electron chi connectivity index (χ4n) is 4.07. The van der Waals surface area contributed by atoms with Gasteiger partial charge in [-0.05, 0) is 19.8 Å². The molecule has 3 atom stereocenters. The summed E-state index contributed by atoms with van der Waals surface area (Å²) < 4.78 is 64.3. The Morgan fingerprint density at radius 1 is 1.17 bits per heavy atom. The highest BCUT2D eigenvalue weighted by Gasteiger charge is 2.50. The molecule has 2 saturated heterocycles. The molecule has 0 radical (unpaired) electrons. The molecule has 0 aromatic rings. The minimum absolute atomic E-state index is 0.0314. The average molecular weight is 353 g/mol. The molecule has 134 valence electrons. The molecule has 2 heterocycles. The van der Waals surface area contributed by atoms with Gasteiger partial charge >= 0.3 is 0 Å². The zero-order chi connectivity index (χ0) is 16.9. The van der Waals surface area contributed by atoms with Crippen molar-refractivity contribution in [2.45, 2.75) is 63.3 Å². The Kier molecular flexibility index (Phi) is 4.49. The fraction of sp³-hybridized carbons (Fsp3) is 1.00. The second kappa shape index (κ2) is 5.89. The highest BCUT2D eigenvalue weighted by atomic mass is 32.2. The molecule has 0 amide bonds. The molecular weight excluding hydrogens is 328 g/mol. The summed E-state index contributed by atoms with van der Waals surface area (Å²) in [6, 6.07) is 0. The van der Waals surface area contributed by atoms with Gasteiger partial charge in [-0.3, -0.25) is 0 Å². The zero-order valence-corrected chi connectivity index (χ0v) is 14.4. The van der Waals surface area contributed by atoms with Gasteiger partial charge < -0.3 is 9.47 Å². The summed E-state index contributed by atoms with van der Waals surface area (Å²) in [5.41, 5.74) is -0.508. The number of rotatable bonds is 3. The number of ether oxygens (including phenoxy) is 2. The van der Waals surface area contributed by atoms with Crippen LogP contribution in [0, 0.1) is 5.92 Å². The Morgan fingerprint density at radius 2 is 1.87 bits per heavy atom. The number of hydrogen-bond donors (Lipinski definition) is 0. The molecule has 3 rings (SSSR count). The lowest BCUT2D eigenvalue weighted by molar-refractivity contribution is -0.185. The van der Waals surface area contributed by atoms with Gasteiger partial charge in [0.2, 0.25) is 15.9 Å². The maximum Gasteiger partial charge on any atom is 0.248 e. The summed E-state index contributed by atoms with van der Waals surface area (Å²) >= 11 is 0. The third kappa shape index (κ3) is 3.86. The molecule has 0 aromatic heterocycles. The molecule has 0 aromatic carbocycles. The predicted molar refractivity (Wildman–Crippen MR) is 81.0 cm³/mol. The van der Waals surface area contributed by atoms with Gasteiger partial charge in [0.25, 0.3) is 0 Å². The molecule has 1 spiro atoms. The summed E-state index contributed by atoms with van der Waals surface area (Å²) in [7, 11) is -3.54. The van der Waals surface area contributed by atoms with Gasteiger partial charge in [-0.2, -0.15) is 4.31 Å². The lowest BCUT2D eigenvalue weighted by Crippen LogP contribution is -2.60. The number of nitrogens with zero attached hydrogens (tertiary/aromatic N) is 1. The summed E-state index contributed by atoms with van der Waals surface area (Å²) in [6.07, 6.45) is 0.514. The third-order valence-electron chi connectivity index (χ3n) is 5.01. The van der Waals surface area contributed by atoms with Crippen molar-refractivity contribution in [2.75, 3.05) is 25.4 Å². The van der Waals surface area contributed by atoms with Crippen LogP contribution in [-0.4, -0.2) is 61.9 Å². The van der Waals surface area contributed by atoms with Crippen molar-refractivity contribution in [2.24, 2.45) is 5.92 Å². The maximum absolute atomic E-state index is 13.0. The maximum atomic E-state index is 13.0. The molecule has 3 aliphatic rings. The van der Waals surface area contributed by atoms with Crippen LogP contribution in [0.15, 0.2) is 0 Å². The molecule has 2 aliphatic heterocycles. The van der Waals surface area contributed by atoms with E-state index in [1.807, 2.05) is 13.8 Å². The van der Waals surface area contributed by atoms with Gasteiger partial charge in [-0.1, -0.05) is 0 Å². The Bertz CT molecular complexity index is 544. The van der Waals surface area contributed by atoms with Crippen LogP contribution in [0.1, 0.15) is 39.5 Å². The summed E-state index contributed by atoms with van der Waals surface area (Å²) in [6.45, 7) is 4.97. The number of morpholine rings is 1. The normalized spacial score (nSPS) is 39.3. The minimum Gasteiger partial charge on any atom is -0.378 e. The first-order valence-corrected chi connectivity index (χ1v) is 9.85. The Morgan fingerprint density at radius 3 is 2.48 bits per heavy atom. The lowest BCUT2D eigenvalue weighted by atomic mass is 9.83. The third-order valence-corrected chi connectivity index (χ3v) is 6.97. The van der Waals surface area contributed by atoms with Crippen LogP contribution >= 0.6 is 0 Å². The second-order valence-electron chi connectivity index (χ2n) is 7.45. The van der Waals surface area contributed by atoms with Crippen LogP contribution in [0.2, 0.25) is 0 Å². The Balaban J connectivity index is 1.68. The van der Waals surface area contributed by atoms with E-state index in [2.05, 4.69) is 0 Å². The average Bonchev–Trinajstić information content (AvgIpc) is 2.34. The van der Waals surface area contributed by atoms with Gasteiger partial charge in [-0.15, -0.1) is 0 Å². The molecular formula is C15H25F2NO4S. The number of halogens is 2. The fourth-order valence-corrected chi connectivity index (χ4v) is 5.98. The first-order valence-electron chi connectivity index (χ1n) is 8.24. The standard InChI is InChI=1S/C15H25F2NO4S/c1-11-5-14(3-4-21-11)10-18(8-12(2)22-14)23(19,20)9-13-6-15(16,17)7-13/h11-13H,3-10H2,1-2H3. The quantitative estimate of drug-likeness (QED) is 0.779. The number of sulfonamides is 1. The van der Waals surface area contributed by atoms with E-state index < -0.39 is 27.5 Å². The van der Waals surface area contributed by atoms with E-state index in [0.29, 0.717) is 32.5 Å². The van der Waals surface area contributed by atoms with Crippen molar-refractivity contribution in [3.63, 3.8) is 0 Å². The number of alkyl halides is 2. The van der Waals surface area contributed by atoms with Crippen LogP contribution in [0.25, 0.3) is 0 Å². The minimum atomic E-state index is -3.54. The van der Waals surface area contributed by atoms with Gasteiger partial charge in [-0.25, -0.2) is 17.2 Å². The molecule has 0 bridgehead atoms. The summed E-state index contributed by atoms with van der Waals surface area (Å²) in [4.78, 5) is 0. The highest BCUT2D eigenvalue weighted by molar-refractivity contribution is 7.89. The molecule has 3 fully saturated rings. The molecule has 3 unspecified atom stereocenters. The Labute approximate surface area is 136 Å². The van der Waals surface area contributed by atoms with Crippen LogP contribution in [-0.2, 0) is 19.5 Å². The summed E-state index contributed by atoms with van der Waals surface area (Å²) in [5.74, 6) is -3.30. The summed E-state index contributed by atoms with van der Waals surface area (Å²) in [5, 5.41) is 0. The van der Waals surface area contributed by atoms with Gasteiger partial charge in [0, 0.05) is 45.4 Å². The van der Waals surface area contributed by atoms with Crippen LogP contribution in [0.5, 0.6) is 0 Å². The van der Waals surface area contributed by atoms with Crippen molar-refractivity contribution in [1.82, 2.24) is 4.31 Å². The van der Waals surface area contributed by atoms with Crippen LogP contribution in [0.4, 0.5) is 8.78 Å². The van der Waals surface area contributed by atoms with Crippen LogP contribution in [0.3, 0.4) is 0 Å². The zero-order valence-electron chi connectivity index (χ0n) is 13.6. The van der Waals surface area contributed by atoms with E-state index in [1.165, 1.54) is 4.31 Å². The monoisotopic (exact) mass is 353 g/mol. The van der Waals surface area contributed by atoms with E-state index >= 15 is 0 Å². The predicted octanol–water partition coefficient (Wildman–Crippen LogP) is 2.02. The lowest BCUT2D eigenvalue weighted by Gasteiger charge is -2.48. The van der Waals surface area contributed by atoms with E-state index in [9.17, 15) is 17.2 Å². The van der Waals surface area contributed by atoms with Crippen LogP contribution < -0.4 is 0 Å². The first-order chi connectivity index (χ1) is 10.6. The van der Waals surface area contributed by atoms with E-state index in [-0.39, 0.29) is 30.8 Å². The van der Waals surface area contributed by atoms with Gasteiger partial charge in [0.15, 0.2) is 0 Å². The van der Waals surface area contributed by atoms with Gasteiger partial charge in [0.1, 0.15) is 0 Å². The van der Waals surface area contributed by atoms with E-state index in [1.54, 1.807) is 0 Å². The smallest absolute Gasteiger partial charge is 0.248 e. The molecule has 5 nitrogen and oxygen atoms in total. The molecule has 1 saturated carbocycles. The Hall–Kier alpha value is -0.310. The van der Waals surface area contributed by atoms with Crippen molar-refractivity contribution in [1.29, 1.82) is 0 Å². The van der Waals surface area contributed by atoms with Gasteiger partial charge in [0.05, 0.1) is 23.6 Å². The van der Waals surface area contributed by atoms with Crippen molar-refractivity contribution in [3.8, 4) is 0 Å². The second-order valence-corrected chi connectivity index (χ2v) is 9.46. The van der Waals surface area contributed by atoms with Crippen molar-refractivity contribution >= 4 is 10.0 Å². The largest absolute Gasteiger partial charge is 0.378 e. The SMILES string of the molecule is CC1CC2(CCO1)CN(S(=O)(=O)CC1CC(F)(F)C1)CC(C)O2. The first kappa shape index (κ1) is 17.5. The number of hydrogen-bond acceptors (Lipinski definition) is 4. The van der Waals surface area contributed by atoms with E-state index in [4.69, 9.17) is 9.47 Å².